The molecule has 2 nitrogen and oxygen atoms in total. The maximum absolute atomic E-state index is 5.88. The first-order chi connectivity index (χ1) is 9.26. The molecule has 4 aliphatic rings. The van der Waals surface area contributed by atoms with E-state index in [0.717, 1.165) is 17.8 Å². The fourth-order valence-electron chi connectivity index (χ4n) is 5.68. The van der Waals surface area contributed by atoms with E-state index in [-0.39, 0.29) is 0 Å². The number of nitrogens with zero attached hydrogens (tertiary/aromatic N) is 1. The lowest BCUT2D eigenvalue weighted by Gasteiger charge is -2.57. The molecule has 1 aromatic heterocycles. The molecule has 0 aliphatic heterocycles. The second-order valence-electron chi connectivity index (χ2n) is 7.41. The normalized spacial score (nSPS) is 39.7. The maximum Gasteiger partial charge on any atom is 0.0453 e. The van der Waals surface area contributed by atoms with Crippen LogP contribution in [-0.4, -0.2) is 4.98 Å². The summed E-state index contributed by atoms with van der Waals surface area (Å²) in [5.74, 6) is 3.07. The standard InChI is InChI=1S/C17H24N2/c18-11-15-2-1-3-19-16(15)10-17-7-12-4-13(8-17)6-14(5-12)9-17/h1-3,12-14H,4-11,18H2. The van der Waals surface area contributed by atoms with Gasteiger partial charge in [-0.1, -0.05) is 6.07 Å². The lowest BCUT2D eigenvalue weighted by atomic mass is 9.48. The number of rotatable bonds is 3. The third-order valence-electron chi connectivity index (χ3n) is 5.91. The zero-order valence-electron chi connectivity index (χ0n) is 11.6. The van der Waals surface area contributed by atoms with E-state index in [4.69, 9.17) is 5.73 Å². The lowest BCUT2D eigenvalue weighted by molar-refractivity contribution is -0.0527. The van der Waals surface area contributed by atoms with Crippen molar-refractivity contribution < 1.29 is 0 Å². The van der Waals surface area contributed by atoms with Gasteiger partial charge in [0.15, 0.2) is 0 Å². The fourth-order valence-corrected chi connectivity index (χ4v) is 5.68. The van der Waals surface area contributed by atoms with Gasteiger partial charge in [0.05, 0.1) is 0 Å². The molecular formula is C17H24N2. The van der Waals surface area contributed by atoms with E-state index >= 15 is 0 Å². The smallest absolute Gasteiger partial charge is 0.0453 e. The first-order valence-corrected chi connectivity index (χ1v) is 7.89. The van der Waals surface area contributed by atoms with Crippen molar-refractivity contribution in [3.63, 3.8) is 0 Å². The molecule has 0 saturated heterocycles. The van der Waals surface area contributed by atoms with Crippen molar-refractivity contribution >= 4 is 0 Å². The minimum atomic E-state index is 0.576. The molecule has 5 rings (SSSR count). The molecule has 2 N–H and O–H groups in total. The van der Waals surface area contributed by atoms with Crippen molar-refractivity contribution in [2.45, 2.75) is 51.5 Å². The molecule has 4 saturated carbocycles. The van der Waals surface area contributed by atoms with Gasteiger partial charge in [-0.05, 0) is 79.7 Å². The summed E-state index contributed by atoms with van der Waals surface area (Å²) >= 11 is 0. The fraction of sp³-hybridized carbons (Fsp3) is 0.706. The monoisotopic (exact) mass is 256 g/mol. The Kier molecular flexibility index (Phi) is 2.70. The molecule has 0 spiro atoms. The predicted molar refractivity (Wildman–Crippen MR) is 76.4 cm³/mol. The summed E-state index contributed by atoms with van der Waals surface area (Å²) in [4.78, 5) is 4.65. The Hall–Kier alpha value is -0.890. The van der Waals surface area contributed by atoms with Crippen LogP contribution in [0.4, 0.5) is 0 Å². The highest BCUT2D eigenvalue weighted by molar-refractivity contribution is 5.22. The molecule has 0 amide bonds. The highest BCUT2D eigenvalue weighted by Gasteiger charge is 2.50. The van der Waals surface area contributed by atoms with Gasteiger partial charge >= 0.3 is 0 Å². The third kappa shape index (κ3) is 2.01. The molecule has 0 radical (unpaired) electrons. The van der Waals surface area contributed by atoms with Crippen LogP contribution in [0.15, 0.2) is 18.3 Å². The zero-order valence-corrected chi connectivity index (χ0v) is 11.6. The molecule has 0 unspecified atom stereocenters. The molecule has 0 atom stereocenters. The average molecular weight is 256 g/mol. The van der Waals surface area contributed by atoms with Gasteiger partial charge in [0, 0.05) is 18.4 Å². The predicted octanol–water partition coefficient (Wildman–Crippen LogP) is 3.30. The summed E-state index contributed by atoms with van der Waals surface area (Å²) in [5.41, 5.74) is 9.00. The summed E-state index contributed by atoms with van der Waals surface area (Å²) in [7, 11) is 0. The molecule has 1 heterocycles. The van der Waals surface area contributed by atoms with Gasteiger partial charge < -0.3 is 5.73 Å². The molecule has 4 bridgehead atoms. The van der Waals surface area contributed by atoms with Crippen molar-refractivity contribution in [2.24, 2.45) is 28.9 Å². The van der Waals surface area contributed by atoms with Crippen LogP contribution in [0, 0.1) is 23.2 Å². The number of nitrogens with two attached hydrogens (primary N) is 1. The van der Waals surface area contributed by atoms with Gasteiger partial charge in [0.2, 0.25) is 0 Å². The zero-order chi connectivity index (χ0) is 12.9. The Morgan fingerprint density at radius 3 is 2.32 bits per heavy atom. The quantitative estimate of drug-likeness (QED) is 0.901. The Morgan fingerprint density at radius 1 is 1.11 bits per heavy atom. The van der Waals surface area contributed by atoms with Crippen molar-refractivity contribution in [1.29, 1.82) is 0 Å². The van der Waals surface area contributed by atoms with E-state index in [2.05, 4.69) is 11.1 Å². The molecular weight excluding hydrogens is 232 g/mol. The first-order valence-electron chi connectivity index (χ1n) is 7.89. The van der Waals surface area contributed by atoms with E-state index in [0.29, 0.717) is 12.0 Å². The van der Waals surface area contributed by atoms with E-state index in [1.807, 2.05) is 12.3 Å². The lowest BCUT2D eigenvalue weighted by Crippen LogP contribution is -2.47. The van der Waals surface area contributed by atoms with Gasteiger partial charge in [-0.25, -0.2) is 0 Å². The van der Waals surface area contributed by atoms with Crippen LogP contribution in [0.25, 0.3) is 0 Å². The van der Waals surface area contributed by atoms with E-state index in [1.54, 1.807) is 0 Å². The number of pyridine rings is 1. The van der Waals surface area contributed by atoms with Crippen LogP contribution in [-0.2, 0) is 13.0 Å². The van der Waals surface area contributed by atoms with Gasteiger partial charge in [-0.15, -0.1) is 0 Å². The number of hydrogen-bond donors (Lipinski definition) is 1. The summed E-state index contributed by atoms with van der Waals surface area (Å²) < 4.78 is 0. The van der Waals surface area contributed by atoms with Gasteiger partial charge in [-0.3, -0.25) is 4.98 Å². The van der Waals surface area contributed by atoms with Crippen LogP contribution < -0.4 is 5.73 Å². The third-order valence-corrected chi connectivity index (χ3v) is 5.91. The summed E-state index contributed by atoms with van der Waals surface area (Å²) in [6, 6.07) is 4.17. The number of hydrogen-bond acceptors (Lipinski definition) is 2. The van der Waals surface area contributed by atoms with Crippen LogP contribution in [0.2, 0.25) is 0 Å². The minimum Gasteiger partial charge on any atom is -0.326 e. The Bertz CT molecular complexity index is 445. The Balaban J connectivity index is 1.62. The highest BCUT2D eigenvalue weighted by Crippen LogP contribution is 2.61. The SMILES string of the molecule is NCc1cccnc1CC12CC3CC(CC(C3)C1)C2. The molecule has 4 aliphatic carbocycles. The van der Waals surface area contributed by atoms with Crippen LogP contribution in [0.1, 0.15) is 49.8 Å². The van der Waals surface area contributed by atoms with Crippen LogP contribution >= 0.6 is 0 Å². The van der Waals surface area contributed by atoms with Crippen LogP contribution in [0.5, 0.6) is 0 Å². The largest absolute Gasteiger partial charge is 0.326 e. The van der Waals surface area contributed by atoms with E-state index in [1.165, 1.54) is 56.2 Å². The molecule has 0 aromatic carbocycles. The highest BCUT2D eigenvalue weighted by atomic mass is 14.7. The van der Waals surface area contributed by atoms with E-state index in [9.17, 15) is 0 Å². The first kappa shape index (κ1) is 11.9. The second-order valence-corrected chi connectivity index (χ2v) is 7.41. The second kappa shape index (κ2) is 4.31. The van der Waals surface area contributed by atoms with Gasteiger partial charge in [-0.2, -0.15) is 0 Å². The van der Waals surface area contributed by atoms with E-state index < -0.39 is 0 Å². The molecule has 102 valence electrons. The van der Waals surface area contributed by atoms with Gasteiger partial charge in [0.25, 0.3) is 0 Å². The minimum absolute atomic E-state index is 0.576. The molecule has 19 heavy (non-hydrogen) atoms. The van der Waals surface area contributed by atoms with Crippen molar-refractivity contribution in [2.75, 3.05) is 0 Å². The summed E-state index contributed by atoms with van der Waals surface area (Å²) in [5, 5.41) is 0. The average Bonchev–Trinajstić information content (AvgIpc) is 2.37. The maximum atomic E-state index is 5.88. The van der Waals surface area contributed by atoms with Crippen molar-refractivity contribution in [3.8, 4) is 0 Å². The number of aromatic nitrogens is 1. The Labute approximate surface area is 115 Å². The van der Waals surface area contributed by atoms with Crippen LogP contribution in [0.3, 0.4) is 0 Å². The topological polar surface area (TPSA) is 38.9 Å². The molecule has 1 aromatic rings. The summed E-state index contributed by atoms with van der Waals surface area (Å²) in [6.45, 7) is 0.634. The Morgan fingerprint density at radius 2 is 1.74 bits per heavy atom. The van der Waals surface area contributed by atoms with Crippen molar-refractivity contribution in [1.82, 2.24) is 4.98 Å². The summed E-state index contributed by atoms with van der Waals surface area (Å²) in [6.07, 6.45) is 12.1. The molecule has 4 fully saturated rings. The van der Waals surface area contributed by atoms with Gasteiger partial charge in [0.1, 0.15) is 0 Å². The molecule has 2 heteroatoms. The van der Waals surface area contributed by atoms with Crippen molar-refractivity contribution in [3.05, 3.63) is 29.6 Å².